The van der Waals surface area contributed by atoms with E-state index in [1.165, 1.54) is 11.8 Å². The third kappa shape index (κ3) is 4.59. The van der Waals surface area contributed by atoms with Crippen LogP contribution in [-0.4, -0.2) is 36.8 Å². The molecular formula is C14H27N3O2S. The summed E-state index contributed by atoms with van der Waals surface area (Å²) in [6, 6.07) is 0.323. The van der Waals surface area contributed by atoms with Gasteiger partial charge in [-0.15, -0.1) is 0 Å². The van der Waals surface area contributed by atoms with Crippen molar-refractivity contribution in [3.05, 3.63) is 17.0 Å². The summed E-state index contributed by atoms with van der Waals surface area (Å²) in [4.78, 5) is 0. The zero-order valence-electron chi connectivity index (χ0n) is 13.2. The minimum absolute atomic E-state index is 0.213. The Kier molecular flexibility index (Phi) is 6.20. The molecule has 0 amide bonds. The first-order valence-electron chi connectivity index (χ1n) is 7.25. The lowest BCUT2D eigenvalue weighted by Gasteiger charge is -2.16. The summed E-state index contributed by atoms with van der Waals surface area (Å²) < 4.78 is 24.3. The predicted molar refractivity (Wildman–Crippen MR) is 82.7 cm³/mol. The molecule has 0 bridgehead atoms. The van der Waals surface area contributed by atoms with Crippen molar-refractivity contribution in [3.63, 3.8) is 0 Å². The van der Waals surface area contributed by atoms with Crippen LogP contribution >= 0.6 is 0 Å². The molecule has 0 aromatic carbocycles. The SMILES string of the molecule is CCNC(CC)c1c(C)nn(CCCS(C)(=O)=O)c1C. The molecule has 20 heavy (non-hydrogen) atoms. The van der Waals surface area contributed by atoms with Gasteiger partial charge in [-0.3, -0.25) is 4.68 Å². The highest BCUT2D eigenvalue weighted by Crippen LogP contribution is 2.24. The minimum Gasteiger partial charge on any atom is -0.310 e. The topological polar surface area (TPSA) is 64.0 Å². The third-order valence-electron chi connectivity index (χ3n) is 3.53. The highest BCUT2D eigenvalue weighted by molar-refractivity contribution is 7.90. The van der Waals surface area contributed by atoms with E-state index in [1.54, 1.807) is 0 Å². The summed E-state index contributed by atoms with van der Waals surface area (Å²) in [6.07, 6.45) is 2.90. The molecule has 1 heterocycles. The number of sulfone groups is 1. The van der Waals surface area contributed by atoms with E-state index in [-0.39, 0.29) is 5.75 Å². The number of hydrogen-bond acceptors (Lipinski definition) is 4. The first-order chi connectivity index (χ1) is 9.30. The lowest BCUT2D eigenvalue weighted by molar-refractivity contribution is 0.528. The summed E-state index contributed by atoms with van der Waals surface area (Å²) in [5.74, 6) is 0.213. The van der Waals surface area contributed by atoms with Crippen LogP contribution in [0.25, 0.3) is 0 Å². The van der Waals surface area contributed by atoms with Gasteiger partial charge in [-0.05, 0) is 33.2 Å². The van der Waals surface area contributed by atoms with Gasteiger partial charge in [0.2, 0.25) is 0 Å². The molecule has 0 fully saturated rings. The first-order valence-corrected chi connectivity index (χ1v) is 9.31. The Balaban J connectivity index is 2.85. The van der Waals surface area contributed by atoms with Crippen molar-refractivity contribution in [2.45, 2.75) is 53.1 Å². The zero-order chi connectivity index (χ0) is 15.3. The maximum Gasteiger partial charge on any atom is 0.147 e. The van der Waals surface area contributed by atoms with Crippen LogP contribution in [0.4, 0.5) is 0 Å². The molecule has 0 aliphatic carbocycles. The highest BCUT2D eigenvalue weighted by Gasteiger charge is 2.18. The molecule has 0 saturated heterocycles. The van der Waals surface area contributed by atoms with E-state index >= 15 is 0 Å². The maximum atomic E-state index is 11.2. The Morgan fingerprint density at radius 2 is 1.95 bits per heavy atom. The van der Waals surface area contributed by atoms with Gasteiger partial charge in [-0.25, -0.2) is 8.42 Å². The minimum atomic E-state index is -2.89. The van der Waals surface area contributed by atoms with E-state index in [9.17, 15) is 8.42 Å². The van der Waals surface area contributed by atoms with Crippen molar-refractivity contribution in [1.82, 2.24) is 15.1 Å². The van der Waals surface area contributed by atoms with E-state index in [0.29, 0.717) is 19.0 Å². The number of nitrogens with one attached hydrogen (secondary N) is 1. The number of nitrogens with zero attached hydrogens (tertiary/aromatic N) is 2. The second kappa shape index (κ2) is 7.22. The Morgan fingerprint density at radius 1 is 1.30 bits per heavy atom. The molecule has 0 spiro atoms. The summed E-state index contributed by atoms with van der Waals surface area (Å²) in [5, 5.41) is 8.04. The molecule has 0 radical (unpaired) electrons. The summed E-state index contributed by atoms with van der Waals surface area (Å²) >= 11 is 0. The van der Waals surface area contributed by atoms with Crippen molar-refractivity contribution < 1.29 is 8.42 Å². The van der Waals surface area contributed by atoms with E-state index < -0.39 is 9.84 Å². The van der Waals surface area contributed by atoms with Crippen molar-refractivity contribution in [1.29, 1.82) is 0 Å². The maximum absolute atomic E-state index is 11.2. The number of rotatable bonds is 8. The molecule has 0 aliphatic heterocycles. The first kappa shape index (κ1) is 17.2. The smallest absolute Gasteiger partial charge is 0.147 e. The molecule has 6 heteroatoms. The van der Waals surface area contributed by atoms with Gasteiger partial charge in [0.1, 0.15) is 9.84 Å². The number of aromatic nitrogens is 2. The molecule has 1 unspecified atom stereocenters. The van der Waals surface area contributed by atoms with E-state index in [1.807, 2.05) is 11.6 Å². The normalized spacial score (nSPS) is 13.7. The van der Waals surface area contributed by atoms with Gasteiger partial charge in [0.05, 0.1) is 11.4 Å². The Hall–Kier alpha value is -0.880. The fourth-order valence-electron chi connectivity index (χ4n) is 2.61. The summed E-state index contributed by atoms with van der Waals surface area (Å²) in [6.45, 7) is 9.93. The molecule has 1 atom stereocenters. The molecule has 0 saturated carbocycles. The molecule has 1 rings (SSSR count). The Morgan fingerprint density at radius 3 is 2.45 bits per heavy atom. The van der Waals surface area contributed by atoms with Crippen molar-refractivity contribution in [2.24, 2.45) is 0 Å². The Bertz CT molecular complexity index is 535. The van der Waals surface area contributed by atoms with Crippen LogP contribution in [0.2, 0.25) is 0 Å². The van der Waals surface area contributed by atoms with Crippen molar-refractivity contribution in [2.75, 3.05) is 18.6 Å². The lowest BCUT2D eigenvalue weighted by atomic mass is 10.0. The van der Waals surface area contributed by atoms with Gasteiger partial charge >= 0.3 is 0 Å². The second-order valence-corrected chi connectivity index (χ2v) is 7.57. The summed E-state index contributed by atoms with van der Waals surface area (Å²) in [7, 11) is -2.89. The van der Waals surface area contributed by atoms with Gasteiger partial charge in [-0.1, -0.05) is 13.8 Å². The number of aryl methyl sites for hydroxylation is 2. The van der Waals surface area contributed by atoms with Crippen molar-refractivity contribution >= 4 is 9.84 Å². The van der Waals surface area contributed by atoms with Crippen LogP contribution in [0.5, 0.6) is 0 Å². The molecular weight excluding hydrogens is 274 g/mol. The molecule has 116 valence electrons. The quantitative estimate of drug-likeness (QED) is 0.797. The van der Waals surface area contributed by atoms with E-state index in [2.05, 4.69) is 31.2 Å². The van der Waals surface area contributed by atoms with Gasteiger partial charge < -0.3 is 5.32 Å². The van der Waals surface area contributed by atoms with Crippen molar-refractivity contribution in [3.8, 4) is 0 Å². The third-order valence-corrected chi connectivity index (χ3v) is 4.56. The Labute approximate surface area is 122 Å². The number of hydrogen-bond donors (Lipinski definition) is 1. The molecule has 5 nitrogen and oxygen atoms in total. The second-order valence-electron chi connectivity index (χ2n) is 5.31. The van der Waals surface area contributed by atoms with Gasteiger partial charge in [-0.2, -0.15) is 5.10 Å². The predicted octanol–water partition coefficient (Wildman–Crippen LogP) is 2.00. The zero-order valence-corrected chi connectivity index (χ0v) is 14.0. The molecule has 1 N–H and O–H groups in total. The fourth-order valence-corrected chi connectivity index (χ4v) is 3.26. The average Bonchev–Trinajstić information content (AvgIpc) is 2.61. The standard InChI is InChI=1S/C14H27N3O2S/c1-6-13(15-7-2)14-11(3)16-17(12(14)4)9-8-10-20(5,18)19/h13,15H,6-10H2,1-5H3. The van der Waals surface area contributed by atoms with Crippen LogP contribution in [0, 0.1) is 13.8 Å². The van der Waals surface area contributed by atoms with Crippen LogP contribution in [-0.2, 0) is 16.4 Å². The molecule has 1 aromatic rings. The van der Waals surface area contributed by atoms with Crippen LogP contribution in [0.15, 0.2) is 0 Å². The lowest BCUT2D eigenvalue weighted by Crippen LogP contribution is -2.21. The van der Waals surface area contributed by atoms with Gasteiger partial charge in [0, 0.05) is 30.1 Å². The monoisotopic (exact) mass is 301 g/mol. The van der Waals surface area contributed by atoms with Crippen LogP contribution in [0.1, 0.15) is 49.7 Å². The largest absolute Gasteiger partial charge is 0.310 e. The highest BCUT2D eigenvalue weighted by atomic mass is 32.2. The molecule has 0 aliphatic rings. The van der Waals surface area contributed by atoms with Gasteiger partial charge in [0.25, 0.3) is 0 Å². The van der Waals surface area contributed by atoms with Crippen LogP contribution in [0.3, 0.4) is 0 Å². The summed E-state index contributed by atoms with van der Waals surface area (Å²) in [5.41, 5.74) is 3.44. The van der Waals surface area contributed by atoms with E-state index in [4.69, 9.17) is 0 Å². The van der Waals surface area contributed by atoms with Gasteiger partial charge in [0.15, 0.2) is 0 Å². The van der Waals surface area contributed by atoms with Crippen LogP contribution < -0.4 is 5.32 Å². The van der Waals surface area contributed by atoms with E-state index in [0.717, 1.165) is 24.4 Å². The molecule has 1 aromatic heterocycles. The fraction of sp³-hybridized carbons (Fsp3) is 0.786. The average molecular weight is 301 g/mol.